The Hall–Kier alpha value is -1.88. The minimum absolute atomic E-state index is 0.279. The number of rotatable bonds is 5. The molecule has 5 nitrogen and oxygen atoms in total. The highest BCUT2D eigenvalue weighted by Gasteiger charge is 2.33. The van der Waals surface area contributed by atoms with Crippen LogP contribution in [0.15, 0.2) is 18.2 Å². The van der Waals surface area contributed by atoms with Crippen LogP contribution in [0.2, 0.25) is 0 Å². The zero-order valence-electron chi connectivity index (χ0n) is 12.4. The molecule has 1 aliphatic rings. The minimum Gasteiger partial charge on any atom is -0.478 e. The molecule has 0 amide bonds. The second kappa shape index (κ2) is 5.48. The van der Waals surface area contributed by atoms with E-state index in [1.54, 1.807) is 12.1 Å². The molecule has 0 aliphatic heterocycles. The van der Waals surface area contributed by atoms with E-state index in [1.807, 2.05) is 13.0 Å². The molecule has 1 heterocycles. The van der Waals surface area contributed by atoms with Crippen LogP contribution in [0.25, 0.3) is 11.0 Å². The highest BCUT2D eigenvalue weighted by Crippen LogP contribution is 2.38. The first-order valence-electron chi connectivity index (χ1n) is 7.50. The Morgan fingerprint density at radius 2 is 2.19 bits per heavy atom. The summed E-state index contributed by atoms with van der Waals surface area (Å²) >= 11 is 0. The van der Waals surface area contributed by atoms with E-state index in [0.29, 0.717) is 17.7 Å². The average Bonchev–Trinajstić information content (AvgIpc) is 2.80. The summed E-state index contributed by atoms with van der Waals surface area (Å²) in [5, 5.41) is 9.31. The number of aromatic carboxylic acids is 1. The normalized spacial score (nSPS) is 21.4. The number of ether oxygens (including phenoxy) is 1. The Bertz CT molecular complexity index is 671. The van der Waals surface area contributed by atoms with Crippen LogP contribution >= 0.6 is 0 Å². The maximum absolute atomic E-state index is 11.3. The van der Waals surface area contributed by atoms with Crippen molar-refractivity contribution in [3.05, 3.63) is 29.6 Å². The van der Waals surface area contributed by atoms with Crippen molar-refractivity contribution in [1.82, 2.24) is 9.55 Å². The van der Waals surface area contributed by atoms with E-state index in [0.717, 1.165) is 37.2 Å². The molecule has 5 heteroatoms. The zero-order valence-corrected chi connectivity index (χ0v) is 12.4. The molecule has 1 aliphatic carbocycles. The third kappa shape index (κ3) is 2.31. The van der Waals surface area contributed by atoms with E-state index in [-0.39, 0.29) is 5.56 Å². The minimum atomic E-state index is -0.922. The second-order valence-electron chi connectivity index (χ2n) is 5.43. The lowest BCUT2D eigenvalue weighted by atomic mass is 9.88. The number of imidazole rings is 1. The Morgan fingerprint density at radius 1 is 1.43 bits per heavy atom. The van der Waals surface area contributed by atoms with Gasteiger partial charge in [-0.25, -0.2) is 9.78 Å². The van der Waals surface area contributed by atoms with E-state index in [4.69, 9.17) is 4.74 Å². The van der Waals surface area contributed by atoms with Gasteiger partial charge in [0.05, 0.1) is 17.2 Å². The molecule has 1 aromatic heterocycles. The van der Waals surface area contributed by atoms with Crippen LogP contribution in [-0.4, -0.2) is 33.3 Å². The van der Waals surface area contributed by atoms with Gasteiger partial charge in [-0.3, -0.25) is 0 Å². The van der Waals surface area contributed by atoms with E-state index >= 15 is 0 Å². The van der Waals surface area contributed by atoms with Gasteiger partial charge in [-0.05, 0) is 31.9 Å². The van der Waals surface area contributed by atoms with Crippen LogP contribution in [0.3, 0.4) is 0 Å². The van der Waals surface area contributed by atoms with Crippen LogP contribution in [0.1, 0.15) is 48.9 Å². The van der Waals surface area contributed by atoms with E-state index in [1.165, 1.54) is 0 Å². The summed E-state index contributed by atoms with van der Waals surface area (Å²) in [7, 11) is 0. The predicted octanol–water partition coefficient (Wildman–Crippen LogP) is 3.04. The van der Waals surface area contributed by atoms with Crippen molar-refractivity contribution in [2.24, 2.45) is 0 Å². The molecule has 0 atom stereocenters. The largest absolute Gasteiger partial charge is 0.478 e. The number of hydrogen-bond donors (Lipinski definition) is 1. The Morgan fingerprint density at radius 3 is 2.81 bits per heavy atom. The summed E-state index contributed by atoms with van der Waals surface area (Å²) in [5.41, 5.74) is 1.80. The van der Waals surface area contributed by atoms with Gasteiger partial charge in [-0.15, -0.1) is 0 Å². The van der Waals surface area contributed by atoms with Crippen molar-refractivity contribution < 1.29 is 14.6 Å². The van der Waals surface area contributed by atoms with Crippen molar-refractivity contribution >= 4 is 17.0 Å². The zero-order chi connectivity index (χ0) is 15.0. The highest BCUT2D eigenvalue weighted by molar-refractivity contribution is 6.01. The molecule has 0 bridgehead atoms. The number of aryl methyl sites for hydroxylation is 1. The maximum Gasteiger partial charge on any atom is 0.337 e. The molecular weight excluding hydrogens is 268 g/mol. The quantitative estimate of drug-likeness (QED) is 0.918. The fourth-order valence-corrected chi connectivity index (χ4v) is 3.12. The maximum atomic E-state index is 11.3. The average molecular weight is 288 g/mol. The number of nitrogens with zero attached hydrogens (tertiary/aromatic N) is 2. The summed E-state index contributed by atoms with van der Waals surface area (Å²) < 4.78 is 7.83. The van der Waals surface area contributed by atoms with Gasteiger partial charge in [0.25, 0.3) is 0 Å². The molecule has 1 aromatic carbocycles. The van der Waals surface area contributed by atoms with Crippen LogP contribution in [-0.2, 0) is 11.2 Å². The summed E-state index contributed by atoms with van der Waals surface area (Å²) in [6, 6.07) is 5.74. The fraction of sp³-hybridized carbons (Fsp3) is 0.500. The molecule has 112 valence electrons. The molecule has 0 spiro atoms. The van der Waals surface area contributed by atoms with Gasteiger partial charge in [-0.2, -0.15) is 0 Å². The predicted molar refractivity (Wildman–Crippen MR) is 79.8 cm³/mol. The molecule has 0 radical (unpaired) electrons. The van der Waals surface area contributed by atoms with Crippen molar-refractivity contribution in [3.8, 4) is 0 Å². The van der Waals surface area contributed by atoms with E-state index < -0.39 is 5.97 Å². The molecule has 2 aromatic rings. The SMILES string of the molecule is CCOC1CC(n2c(CC)nc3c(C(=O)O)cccc32)C1. The molecule has 3 rings (SSSR count). The van der Waals surface area contributed by atoms with Gasteiger partial charge in [0, 0.05) is 19.1 Å². The number of aromatic nitrogens is 2. The molecule has 21 heavy (non-hydrogen) atoms. The molecular formula is C16H20N2O3. The third-order valence-corrected chi connectivity index (χ3v) is 4.18. The van der Waals surface area contributed by atoms with Gasteiger partial charge in [0.2, 0.25) is 0 Å². The first-order chi connectivity index (χ1) is 10.2. The topological polar surface area (TPSA) is 64.4 Å². The number of carboxylic acids is 1. The standard InChI is InChI=1S/C16H20N2O3/c1-3-14-17-15-12(16(19)20)6-5-7-13(15)18(14)10-8-11(9-10)21-4-2/h5-7,10-11H,3-4,8-9H2,1-2H3,(H,19,20). The van der Waals surface area contributed by atoms with Gasteiger partial charge in [0.1, 0.15) is 11.3 Å². The molecule has 0 saturated heterocycles. The number of carboxylic acid groups (broad SMARTS) is 1. The van der Waals surface area contributed by atoms with Crippen LogP contribution in [0.4, 0.5) is 0 Å². The molecule has 0 unspecified atom stereocenters. The number of benzene rings is 1. The van der Waals surface area contributed by atoms with Crippen molar-refractivity contribution in [3.63, 3.8) is 0 Å². The van der Waals surface area contributed by atoms with Gasteiger partial charge in [-0.1, -0.05) is 13.0 Å². The van der Waals surface area contributed by atoms with E-state index in [2.05, 4.69) is 16.5 Å². The Kier molecular flexibility index (Phi) is 3.68. The van der Waals surface area contributed by atoms with Gasteiger partial charge in [0.15, 0.2) is 0 Å². The molecule has 1 saturated carbocycles. The molecule has 1 N–H and O–H groups in total. The van der Waals surface area contributed by atoms with Crippen LogP contribution in [0, 0.1) is 0 Å². The van der Waals surface area contributed by atoms with Crippen molar-refractivity contribution in [2.75, 3.05) is 6.61 Å². The lowest BCUT2D eigenvalue weighted by molar-refractivity contribution is -0.0193. The fourth-order valence-electron chi connectivity index (χ4n) is 3.12. The van der Waals surface area contributed by atoms with Crippen molar-refractivity contribution in [1.29, 1.82) is 0 Å². The summed E-state index contributed by atoms with van der Waals surface area (Å²) in [4.78, 5) is 15.9. The summed E-state index contributed by atoms with van der Waals surface area (Å²) in [6.45, 7) is 4.80. The number of hydrogen-bond acceptors (Lipinski definition) is 3. The van der Waals surface area contributed by atoms with Gasteiger partial charge < -0.3 is 14.4 Å². The second-order valence-corrected chi connectivity index (χ2v) is 5.43. The monoisotopic (exact) mass is 288 g/mol. The number of carbonyl (C=O) groups is 1. The Balaban J connectivity index is 2.02. The molecule has 1 fully saturated rings. The first kappa shape index (κ1) is 14.1. The summed E-state index contributed by atoms with van der Waals surface area (Å²) in [5.74, 6) is 0.0346. The van der Waals surface area contributed by atoms with Crippen LogP contribution < -0.4 is 0 Å². The lowest BCUT2D eigenvalue weighted by Crippen LogP contribution is -2.34. The number of para-hydroxylation sites is 1. The summed E-state index contributed by atoms with van der Waals surface area (Å²) in [6.07, 6.45) is 3.07. The van der Waals surface area contributed by atoms with Crippen molar-refractivity contribution in [2.45, 2.75) is 45.3 Å². The Labute approximate surface area is 123 Å². The highest BCUT2D eigenvalue weighted by atomic mass is 16.5. The first-order valence-corrected chi connectivity index (χ1v) is 7.50. The van der Waals surface area contributed by atoms with Gasteiger partial charge >= 0.3 is 5.97 Å². The third-order valence-electron chi connectivity index (χ3n) is 4.18. The van der Waals surface area contributed by atoms with E-state index in [9.17, 15) is 9.90 Å². The smallest absolute Gasteiger partial charge is 0.337 e. The van der Waals surface area contributed by atoms with Crippen LogP contribution in [0.5, 0.6) is 0 Å². The lowest BCUT2D eigenvalue weighted by Gasteiger charge is -2.37. The number of fused-ring (bicyclic) bond motifs is 1.